The molecule has 98 valence electrons. The lowest BCUT2D eigenvalue weighted by molar-refractivity contribution is -0.150. The summed E-state index contributed by atoms with van der Waals surface area (Å²) in [6, 6.07) is 2.14. The number of hydrogen-bond acceptors (Lipinski definition) is 3. The van der Waals surface area contributed by atoms with Gasteiger partial charge < -0.3 is 5.11 Å². The Morgan fingerprint density at radius 2 is 2.11 bits per heavy atom. The fourth-order valence-electron chi connectivity index (χ4n) is 2.38. The van der Waals surface area contributed by atoms with Gasteiger partial charge >= 0.3 is 5.97 Å². The summed E-state index contributed by atoms with van der Waals surface area (Å²) in [5.74, 6) is -0.667. The van der Waals surface area contributed by atoms with E-state index < -0.39 is 11.4 Å². The van der Waals surface area contributed by atoms with E-state index in [1.165, 1.54) is 11.1 Å². The number of carboxylic acids is 1. The Morgan fingerprint density at radius 3 is 2.67 bits per heavy atom. The van der Waals surface area contributed by atoms with E-state index in [-0.39, 0.29) is 0 Å². The molecule has 0 spiro atoms. The molecule has 2 heterocycles. The topological polar surface area (TPSA) is 53.4 Å². The van der Waals surface area contributed by atoms with Crippen molar-refractivity contribution in [2.75, 3.05) is 13.1 Å². The number of nitrogens with zero attached hydrogens (tertiary/aromatic N) is 2. The monoisotopic (exact) mass is 248 g/mol. The average Bonchev–Trinajstić information content (AvgIpc) is 2.32. The molecule has 0 atom stereocenters. The first kappa shape index (κ1) is 13.0. The summed E-state index contributed by atoms with van der Waals surface area (Å²) in [6.45, 7) is 6.44. The summed E-state index contributed by atoms with van der Waals surface area (Å²) < 4.78 is 0. The summed E-state index contributed by atoms with van der Waals surface area (Å²) in [4.78, 5) is 17.6. The minimum Gasteiger partial charge on any atom is -0.481 e. The first-order valence-electron chi connectivity index (χ1n) is 6.36. The number of rotatable bonds is 3. The summed E-state index contributed by atoms with van der Waals surface area (Å²) in [6.07, 6.45) is 5.18. The number of pyridine rings is 1. The van der Waals surface area contributed by atoms with E-state index in [4.69, 9.17) is 0 Å². The molecule has 4 nitrogen and oxygen atoms in total. The van der Waals surface area contributed by atoms with Crippen LogP contribution < -0.4 is 0 Å². The summed E-state index contributed by atoms with van der Waals surface area (Å²) in [5, 5.41) is 9.18. The van der Waals surface area contributed by atoms with Gasteiger partial charge in [0.25, 0.3) is 0 Å². The zero-order chi connectivity index (χ0) is 13.2. The SMILES string of the molecule is Cc1cncc(CN2CCC(C)(C(=O)O)CC2)c1. The van der Waals surface area contributed by atoms with Crippen molar-refractivity contribution in [3.05, 3.63) is 29.6 Å². The van der Waals surface area contributed by atoms with Gasteiger partial charge in [0.2, 0.25) is 0 Å². The van der Waals surface area contributed by atoms with Crippen LogP contribution in [0.4, 0.5) is 0 Å². The zero-order valence-electron chi connectivity index (χ0n) is 11.0. The second-order valence-electron chi connectivity index (χ2n) is 5.51. The molecule has 1 N–H and O–H groups in total. The van der Waals surface area contributed by atoms with E-state index in [2.05, 4.69) is 16.0 Å². The van der Waals surface area contributed by atoms with E-state index in [1.807, 2.05) is 26.2 Å². The Balaban J connectivity index is 1.93. The van der Waals surface area contributed by atoms with Crippen molar-refractivity contribution >= 4 is 5.97 Å². The molecule has 0 radical (unpaired) electrons. The number of hydrogen-bond donors (Lipinski definition) is 1. The van der Waals surface area contributed by atoms with Crippen molar-refractivity contribution in [3.63, 3.8) is 0 Å². The maximum atomic E-state index is 11.2. The molecule has 0 aliphatic carbocycles. The van der Waals surface area contributed by atoms with Crippen LogP contribution in [0.2, 0.25) is 0 Å². The fourth-order valence-corrected chi connectivity index (χ4v) is 2.38. The lowest BCUT2D eigenvalue weighted by atomic mass is 9.80. The molecule has 1 aliphatic rings. The molecule has 1 aromatic rings. The summed E-state index contributed by atoms with van der Waals surface area (Å²) in [7, 11) is 0. The van der Waals surface area contributed by atoms with Crippen LogP contribution in [0.5, 0.6) is 0 Å². The number of likely N-dealkylation sites (tertiary alicyclic amines) is 1. The van der Waals surface area contributed by atoms with Gasteiger partial charge in [0.05, 0.1) is 5.41 Å². The van der Waals surface area contributed by atoms with Gasteiger partial charge in [0, 0.05) is 18.9 Å². The maximum absolute atomic E-state index is 11.2. The second kappa shape index (κ2) is 5.06. The van der Waals surface area contributed by atoms with Crippen molar-refractivity contribution in [1.82, 2.24) is 9.88 Å². The number of aromatic nitrogens is 1. The number of piperidine rings is 1. The molecule has 0 unspecified atom stereocenters. The Labute approximate surface area is 108 Å². The molecule has 4 heteroatoms. The van der Waals surface area contributed by atoms with Gasteiger partial charge in [-0.2, -0.15) is 0 Å². The number of carboxylic acid groups (broad SMARTS) is 1. The highest BCUT2D eigenvalue weighted by Gasteiger charge is 2.36. The molecule has 1 aromatic heterocycles. The third kappa shape index (κ3) is 2.88. The van der Waals surface area contributed by atoms with Crippen LogP contribution in [-0.4, -0.2) is 34.0 Å². The largest absolute Gasteiger partial charge is 0.481 e. The van der Waals surface area contributed by atoms with Gasteiger partial charge in [0.15, 0.2) is 0 Å². The van der Waals surface area contributed by atoms with Gasteiger partial charge in [-0.05, 0) is 50.9 Å². The zero-order valence-corrected chi connectivity index (χ0v) is 11.0. The molecule has 0 amide bonds. The smallest absolute Gasteiger partial charge is 0.309 e. The van der Waals surface area contributed by atoms with Crippen molar-refractivity contribution in [2.45, 2.75) is 33.2 Å². The van der Waals surface area contributed by atoms with Crippen molar-refractivity contribution < 1.29 is 9.90 Å². The van der Waals surface area contributed by atoms with Gasteiger partial charge in [0.1, 0.15) is 0 Å². The van der Waals surface area contributed by atoms with Crippen molar-refractivity contribution in [1.29, 1.82) is 0 Å². The van der Waals surface area contributed by atoms with Crippen LogP contribution in [0.15, 0.2) is 18.5 Å². The van der Waals surface area contributed by atoms with Crippen LogP contribution in [0.1, 0.15) is 30.9 Å². The maximum Gasteiger partial charge on any atom is 0.309 e. The Hall–Kier alpha value is -1.42. The Bertz CT molecular complexity index is 437. The van der Waals surface area contributed by atoms with Crippen LogP contribution >= 0.6 is 0 Å². The normalized spacial score (nSPS) is 19.7. The van der Waals surface area contributed by atoms with Gasteiger partial charge in [-0.3, -0.25) is 14.7 Å². The lowest BCUT2D eigenvalue weighted by Crippen LogP contribution is -2.42. The van der Waals surface area contributed by atoms with E-state index in [0.29, 0.717) is 0 Å². The third-order valence-corrected chi connectivity index (χ3v) is 3.81. The Kier molecular flexibility index (Phi) is 3.66. The third-order valence-electron chi connectivity index (χ3n) is 3.81. The van der Waals surface area contributed by atoms with E-state index in [1.54, 1.807) is 0 Å². The molecule has 0 bridgehead atoms. The van der Waals surface area contributed by atoms with E-state index in [9.17, 15) is 9.90 Å². The van der Waals surface area contributed by atoms with E-state index >= 15 is 0 Å². The van der Waals surface area contributed by atoms with Gasteiger partial charge in [-0.25, -0.2) is 0 Å². The highest BCUT2D eigenvalue weighted by atomic mass is 16.4. The molecule has 0 aromatic carbocycles. The number of aliphatic carboxylic acids is 1. The minimum atomic E-state index is -0.667. The van der Waals surface area contributed by atoms with Crippen LogP contribution in [0.25, 0.3) is 0 Å². The minimum absolute atomic E-state index is 0.540. The Morgan fingerprint density at radius 1 is 1.44 bits per heavy atom. The molecular formula is C14H20N2O2. The second-order valence-corrected chi connectivity index (χ2v) is 5.51. The van der Waals surface area contributed by atoms with Crippen LogP contribution in [-0.2, 0) is 11.3 Å². The van der Waals surface area contributed by atoms with Gasteiger partial charge in [-0.1, -0.05) is 6.07 Å². The number of aryl methyl sites for hydroxylation is 1. The molecule has 1 fully saturated rings. The molecule has 2 rings (SSSR count). The number of carbonyl (C=O) groups is 1. The van der Waals surface area contributed by atoms with Gasteiger partial charge in [-0.15, -0.1) is 0 Å². The highest BCUT2D eigenvalue weighted by Crippen LogP contribution is 2.31. The van der Waals surface area contributed by atoms with Crippen molar-refractivity contribution in [3.8, 4) is 0 Å². The molecular weight excluding hydrogens is 228 g/mol. The van der Waals surface area contributed by atoms with Crippen molar-refractivity contribution in [2.24, 2.45) is 5.41 Å². The van der Waals surface area contributed by atoms with Crippen LogP contribution in [0, 0.1) is 12.3 Å². The average molecular weight is 248 g/mol. The predicted octanol–water partition coefficient (Wildman–Crippen LogP) is 2.08. The first-order valence-corrected chi connectivity index (χ1v) is 6.36. The molecule has 1 aliphatic heterocycles. The molecule has 1 saturated heterocycles. The highest BCUT2D eigenvalue weighted by molar-refractivity contribution is 5.74. The molecule has 18 heavy (non-hydrogen) atoms. The molecule has 0 saturated carbocycles. The summed E-state index contributed by atoms with van der Waals surface area (Å²) >= 11 is 0. The summed E-state index contributed by atoms with van der Waals surface area (Å²) in [5.41, 5.74) is 1.83. The van der Waals surface area contributed by atoms with E-state index in [0.717, 1.165) is 32.5 Å². The predicted molar refractivity (Wildman–Crippen MR) is 69.2 cm³/mol. The quantitative estimate of drug-likeness (QED) is 0.889. The lowest BCUT2D eigenvalue weighted by Gasteiger charge is -2.36. The van der Waals surface area contributed by atoms with Crippen LogP contribution in [0.3, 0.4) is 0 Å². The fraction of sp³-hybridized carbons (Fsp3) is 0.571. The first-order chi connectivity index (χ1) is 8.49. The standard InChI is InChI=1S/C14H20N2O2/c1-11-7-12(9-15-8-11)10-16-5-3-14(2,4-6-16)13(17)18/h7-9H,3-6,10H2,1-2H3,(H,17,18).